The van der Waals surface area contributed by atoms with Crippen LogP contribution in [0.2, 0.25) is 0 Å². The van der Waals surface area contributed by atoms with Crippen LogP contribution in [0.25, 0.3) is 0 Å². The molecule has 0 spiro atoms. The number of nitrogens with zero attached hydrogens (tertiary/aromatic N) is 4. The summed E-state index contributed by atoms with van der Waals surface area (Å²) in [7, 11) is 1.95. The molecule has 0 aliphatic carbocycles. The van der Waals surface area contributed by atoms with Gasteiger partial charge in [-0.2, -0.15) is 5.10 Å². The molecule has 0 amide bonds. The van der Waals surface area contributed by atoms with Crippen molar-refractivity contribution in [3.05, 3.63) is 36.2 Å². The van der Waals surface area contributed by atoms with Gasteiger partial charge in [-0.25, -0.2) is 4.98 Å². The minimum absolute atomic E-state index is 0.0125. The minimum atomic E-state index is -0.0125. The molecule has 2 aromatic rings. The van der Waals surface area contributed by atoms with Gasteiger partial charge in [-0.3, -0.25) is 16.0 Å². The Balaban J connectivity index is 2.08. The molecule has 19 heavy (non-hydrogen) atoms. The van der Waals surface area contributed by atoms with E-state index >= 15 is 0 Å². The molecule has 0 saturated heterocycles. The first-order chi connectivity index (χ1) is 9.13. The second kappa shape index (κ2) is 5.99. The number of aromatic nitrogens is 4. The van der Waals surface area contributed by atoms with Crippen LogP contribution in [-0.2, 0) is 13.5 Å². The molecule has 0 bridgehead atoms. The average Bonchev–Trinajstić information content (AvgIpc) is 3.04. The van der Waals surface area contributed by atoms with Crippen LogP contribution in [0.5, 0.6) is 0 Å². The van der Waals surface area contributed by atoms with Gasteiger partial charge in [-0.05, 0) is 19.4 Å². The largest absolute Gasteiger partial charge is 0.340 e. The van der Waals surface area contributed by atoms with Crippen LogP contribution in [0.3, 0.4) is 0 Å². The second-order valence-electron chi connectivity index (χ2n) is 4.93. The van der Waals surface area contributed by atoms with Gasteiger partial charge in [0.05, 0.1) is 23.8 Å². The number of hydrogen-bond acceptors (Lipinski definition) is 4. The van der Waals surface area contributed by atoms with Crippen molar-refractivity contribution in [2.75, 3.05) is 0 Å². The summed E-state index contributed by atoms with van der Waals surface area (Å²) in [6.45, 7) is 4.32. The van der Waals surface area contributed by atoms with Crippen LogP contribution in [-0.4, -0.2) is 19.3 Å². The topological polar surface area (TPSA) is 73.7 Å². The van der Waals surface area contributed by atoms with E-state index in [9.17, 15) is 0 Å². The summed E-state index contributed by atoms with van der Waals surface area (Å²) in [5.74, 6) is 5.62. The Hall–Kier alpha value is -1.66. The molecule has 0 aliphatic heterocycles. The summed E-state index contributed by atoms with van der Waals surface area (Å²) in [6, 6.07) is 2.45. The Kier molecular flexibility index (Phi) is 4.34. The van der Waals surface area contributed by atoms with Gasteiger partial charge in [-0.1, -0.05) is 6.92 Å². The fraction of sp³-hybridized carbons (Fsp3) is 0.538. The molecule has 0 aromatic carbocycles. The van der Waals surface area contributed by atoms with Crippen LogP contribution in [0, 0.1) is 0 Å². The number of nitrogens with one attached hydrogen (secondary N) is 1. The Morgan fingerprint density at radius 1 is 1.47 bits per heavy atom. The molecule has 104 valence electrons. The number of hydrogen-bond donors (Lipinski definition) is 2. The third-order valence-electron chi connectivity index (χ3n) is 3.40. The number of rotatable bonds is 6. The smallest absolute Gasteiger partial charge is 0.0947 e. The lowest BCUT2D eigenvalue weighted by atomic mass is 10.1. The highest BCUT2D eigenvalue weighted by molar-refractivity contribution is 5.10. The van der Waals surface area contributed by atoms with Gasteiger partial charge in [0.25, 0.3) is 0 Å². The zero-order valence-corrected chi connectivity index (χ0v) is 11.7. The van der Waals surface area contributed by atoms with Crippen molar-refractivity contribution in [3.63, 3.8) is 0 Å². The number of imidazole rings is 1. The van der Waals surface area contributed by atoms with Crippen molar-refractivity contribution in [1.29, 1.82) is 0 Å². The highest BCUT2D eigenvalue weighted by Crippen LogP contribution is 2.16. The standard InChI is InChI=1S/C13H22N6/c1-4-10(2)19-6-5-11(17-19)7-12(16-14)13-8-18(3)9-15-13/h5-6,8-10,12,16H,4,7,14H2,1-3H3. The van der Waals surface area contributed by atoms with Gasteiger partial charge in [0, 0.05) is 31.9 Å². The Bertz CT molecular complexity index is 515. The first kappa shape index (κ1) is 13.8. The van der Waals surface area contributed by atoms with Gasteiger partial charge in [-0.15, -0.1) is 0 Å². The highest BCUT2D eigenvalue weighted by atomic mass is 15.3. The van der Waals surface area contributed by atoms with Gasteiger partial charge >= 0.3 is 0 Å². The zero-order chi connectivity index (χ0) is 13.8. The third-order valence-corrected chi connectivity index (χ3v) is 3.40. The summed E-state index contributed by atoms with van der Waals surface area (Å²) in [4.78, 5) is 4.33. The molecular weight excluding hydrogens is 240 g/mol. The first-order valence-electron chi connectivity index (χ1n) is 6.62. The van der Waals surface area contributed by atoms with Crippen LogP contribution in [0.4, 0.5) is 0 Å². The average molecular weight is 262 g/mol. The summed E-state index contributed by atoms with van der Waals surface area (Å²) >= 11 is 0. The maximum atomic E-state index is 5.62. The van der Waals surface area contributed by atoms with Gasteiger partial charge in [0.1, 0.15) is 0 Å². The van der Waals surface area contributed by atoms with Crippen molar-refractivity contribution in [3.8, 4) is 0 Å². The van der Waals surface area contributed by atoms with Crippen molar-refractivity contribution in [1.82, 2.24) is 24.8 Å². The normalized spacial score (nSPS) is 14.5. The predicted octanol–water partition coefficient (Wildman–Crippen LogP) is 1.33. The Labute approximate surface area is 113 Å². The van der Waals surface area contributed by atoms with Gasteiger partial charge in [0.2, 0.25) is 0 Å². The highest BCUT2D eigenvalue weighted by Gasteiger charge is 2.15. The predicted molar refractivity (Wildman–Crippen MR) is 74.2 cm³/mol. The molecule has 0 saturated carbocycles. The van der Waals surface area contributed by atoms with E-state index in [-0.39, 0.29) is 6.04 Å². The number of hydrazine groups is 1. The van der Waals surface area contributed by atoms with E-state index in [1.54, 1.807) is 6.33 Å². The summed E-state index contributed by atoms with van der Waals surface area (Å²) in [5, 5.41) is 4.59. The first-order valence-corrected chi connectivity index (χ1v) is 6.62. The molecule has 2 aromatic heterocycles. The van der Waals surface area contributed by atoms with E-state index in [2.05, 4.69) is 29.4 Å². The molecule has 0 radical (unpaired) electrons. The molecular formula is C13H22N6. The second-order valence-corrected chi connectivity index (χ2v) is 4.93. The van der Waals surface area contributed by atoms with E-state index < -0.39 is 0 Å². The monoisotopic (exact) mass is 262 g/mol. The number of aryl methyl sites for hydroxylation is 1. The SMILES string of the molecule is CCC(C)n1ccc(CC(NN)c2cn(C)cn2)n1. The van der Waals surface area contributed by atoms with E-state index in [0.29, 0.717) is 6.04 Å². The van der Waals surface area contributed by atoms with Crippen molar-refractivity contribution in [2.24, 2.45) is 12.9 Å². The molecule has 2 heterocycles. The maximum absolute atomic E-state index is 5.62. The van der Waals surface area contributed by atoms with Crippen LogP contribution in [0.15, 0.2) is 24.8 Å². The number of nitrogens with two attached hydrogens (primary N) is 1. The lowest BCUT2D eigenvalue weighted by molar-refractivity contribution is 0.466. The third kappa shape index (κ3) is 3.21. The molecule has 2 unspecified atom stereocenters. The van der Waals surface area contributed by atoms with Crippen molar-refractivity contribution < 1.29 is 0 Å². The van der Waals surface area contributed by atoms with E-state index in [0.717, 1.165) is 24.2 Å². The lowest BCUT2D eigenvalue weighted by Gasteiger charge is -2.12. The Morgan fingerprint density at radius 3 is 2.84 bits per heavy atom. The minimum Gasteiger partial charge on any atom is -0.340 e. The molecule has 0 aliphatic rings. The molecule has 6 heteroatoms. The zero-order valence-electron chi connectivity index (χ0n) is 11.7. The quantitative estimate of drug-likeness (QED) is 0.608. The van der Waals surface area contributed by atoms with Crippen LogP contribution in [0.1, 0.15) is 43.7 Å². The lowest BCUT2D eigenvalue weighted by Crippen LogP contribution is -2.30. The molecule has 2 rings (SSSR count). The van der Waals surface area contributed by atoms with E-state index in [4.69, 9.17) is 5.84 Å². The molecule has 3 N–H and O–H groups in total. The van der Waals surface area contributed by atoms with Crippen LogP contribution >= 0.6 is 0 Å². The van der Waals surface area contributed by atoms with E-state index in [1.165, 1.54) is 0 Å². The van der Waals surface area contributed by atoms with E-state index in [1.807, 2.05) is 34.8 Å². The van der Waals surface area contributed by atoms with Crippen LogP contribution < -0.4 is 11.3 Å². The molecule has 6 nitrogen and oxygen atoms in total. The van der Waals surface area contributed by atoms with Crippen molar-refractivity contribution >= 4 is 0 Å². The fourth-order valence-corrected chi connectivity index (χ4v) is 1.99. The summed E-state index contributed by atoms with van der Waals surface area (Å²) in [5.41, 5.74) is 4.76. The summed E-state index contributed by atoms with van der Waals surface area (Å²) in [6.07, 6.45) is 7.57. The van der Waals surface area contributed by atoms with Gasteiger partial charge < -0.3 is 4.57 Å². The molecule has 0 fully saturated rings. The molecule has 2 atom stereocenters. The Morgan fingerprint density at radius 2 is 2.26 bits per heavy atom. The maximum Gasteiger partial charge on any atom is 0.0947 e. The van der Waals surface area contributed by atoms with Gasteiger partial charge in [0.15, 0.2) is 0 Å². The fourth-order valence-electron chi connectivity index (χ4n) is 1.99. The summed E-state index contributed by atoms with van der Waals surface area (Å²) < 4.78 is 3.92. The van der Waals surface area contributed by atoms with Crippen molar-refractivity contribution in [2.45, 2.75) is 38.8 Å².